The molecule has 21 heavy (non-hydrogen) atoms. The van der Waals surface area contributed by atoms with E-state index in [1.54, 1.807) is 24.3 Å². The molecule has 0 spiro atoms. The van der Waals surface area contributed by atoms with E-state index in [1.165, 1.54) is 35.5 Å². The van der Waals surface area contributed by atoms with Crippen LogP contribution >= 0.6 is 0 Å². The van der Waals surface area contributed by atoms with Gasteiger partial charge in [-0.05, 0) is 12.1 Å². The summed E-state index contributed by atoms with van der Waals surface area (Å²) < 4.78 is 33.1. The molecule has 0 fully saturated rings. The first-order chi connectivity index (χ1) is 10.0. The van der Waals surface area contributed by atoms with Crippen LogP contribution in [0, 0.1) is 0 Å². The van der Waals surface area contributed by atoms with Gasteiger partial charge in [-0.15, -0.1) is 0 Å². The fourth-order valence-electron chi connectivity index (χ4n) is 1.91. The second-order valence-corrected chi connectivity index (χ2v) is 6.34. The number of hydrogen-bond acceptors (Lipinski definition) is 5. The zero-order valence-electron chi connectivity index (χ0n) is 11.9. The van der Waals surface area contributed by atoms with Gasteiger partial charge in [-0.2, -0.15) is 5.10 Å². The van der Waals surface area contributed by atoms with Crippen molar-refractivity contribution in [2.75, 3.05) is 25.0 Å². The summed E-state index contributed by atoms with van der Waals surface area (Å²) >= 11 is 0. The van der Waals surface area contributed by atoms with E-state index < -0.39 is 10.0 Å². The van der Waals surface area contributed by atoms with Crippen molar-refractivity contribution in [2.45, 2.75) is 11.4 Å². The van der Waals surface area contributed by atoms with Crippen LogP contribution in [0.15, 0.2) is 41.6 Å². The zero-order chi connectivity index (χ0) is 15.5. The van der Waals surface area contributed by atoms with Crippen LogP contribution in [0.5, 0.6) is 5.75 Å². The maximum Gasteiger partial charge on any atom is 0.267 e. The molecule has 0 amide bonds. The van der Waals surface area contributed by atoms with Gasteiger partial charge in [0.15, 0.2) is 0 Å². The SMILES string of the molecule is COc1ccccc1N(C)S(=O)(=O)c1cnn(CCN)c1. The molecule has 0 aliphatic heterocycles. The van der Waals surface area contributed by atoms with Crippen LogP contribution < -0.4 is 14.8 Å². The summed E-state index contributed by atoms with van der Waals surface area (Å²) in [5.74, 6) is 0.484. The summed E-state index contributed by atoms with van der Waals surface area (Å²) in [6, 6.07) is 6.92. The Labute approximate surface area is 124 Å². The number of anilines is 1. The number of nitrogens with zero attached hydrogens (tertiary/aromatic N) is 3. The molecular formula is C13H18N4O3S. The lowest BCUT2D eigenvalue weighted by molar-refractivity contribution is 0.416. The number of para-hydroxylation sites is 2. The Bertz CT molecular complexity index is 712. The largest absolute Gasteiger partial charge is 0.495 e. The summed E-state index contributed by atoms with van der Waals surface area (Å²) in [5, 5.41) is 3.99. The van der Waals surface area contributed by atoms with Crippen molar-refractivity contribution in [2.24, 2.45) is 5.73 Å². The molecule has 0 aliphatic carbocycles. The molecule has 0 atom stereocenters. The van der Waals surface area contributed by atoms with Gasteiger partial charge in [-0.3, -0.25) is 8.99 Å². The monoisotopic (exact) mass is 310 g/mol. The Hall–Kier alpha value is -2.06. The Morgan fingerprint density at radius 1 is 1.38 bits per heavy atom. The first-order valence-corrected chi connectivity index (χ1v) is 7.79. The van der Waals surface area contributed by atoms with Crippen molar-refractivity contribution in [1.82, 2.24) is 9.78 Å². The number of hydrogen-bond donors (Lipinski definition) is 1. The molecule has 0 bridgehead atoms. The highest BCUT2D eigenvalue weighted by Crippen LogP contribution is 2.30. The summed E-state index contributed by atoms with van der Waals surface area (Å²) in [6.45, 7) is 0.859. The van der Waals surface area contributed by atoms with Gasteiger partial charge in [0.1, 0.15) is 10.6 Å². The minimum absolute atomic E-state index is 0.115. The van der Waals surface area contributed by atoms with Crippen LogP contribution in [-0.4, -0.2) is 38.9 Å². The average molecular weight is 310 g/mol. The van der Waals surface area contributed by atoms with Crippen LogP contribution in [0.2, 0.25) is 0 Å². The van der Waals surface area contributed by atoms with Gasteiger partial charge in [0.25, 0.3) is 10.0 Å². The van der Waals surface area contributed by atoms with Gasteiger partial charge in [0.2, 0.25) is 0 Å². The van der Waals surface area contributed by atoms with Crippen LogP contribution in [0.1, 0.15) is 0 Å². The van der Waals surface area contributed by atoms with Crippen molar-refractivity contribution in [3.05, 3.63) is 36.7 Å². The van der Waals surface area contributed by atoms with Crippen molar-refractivity contribution >= 4 is 15.7 Å². The number of sulfonamides is 1. The summed E-state index contributed by atoms with van der Waals surface area (Å²) in [5.41, 5.74) is 5.89. The Morgan fingerprint density at radius 2 is 2.10 bits per heavy atom. The van der Waals surface area contributed by atoms with Gasteiger partial charge < -0.3 is 10.5 Å². The highest BCUT2D eigenvalue weighted by Gasteiger charge is 2.25. The Kier molecular flexibility index (Phi) is 4.49. The van der Waals surface area contributed by atoms with E-state index in [9.17, 15) is 8.42 Å². The molecule has 0 aliphatic rings. The maximum absolute atomic E-state index is 12.6. The zero-order valence-corrected chi connectivity index (χ0v) is 12.7. The lowest BCUT2D eigenvalue weighted by Gasteiger charge is -2.20. The molecule has 1 heterocycles. The van der Waals surface area contributed by atoms with Gasteiger partial charge in [0, 0.05) is 19.8 Å². The van der Waals surface area contributed by atoms with Gasteiger partial charge in [-0.25, -0.2) is 8.42 Å². The van der Waals surface area contributed by atoms with E-state index in [-0.39, 0.29) is 4.90 Å². The van der Waals surface area contributed by atoms with E-state index >= 15 is 0 Å². The molecule has 1 aromatic carbocycles. The molecule has 0 unspecified atom stereocenters. The van der Waals surface area contributed by atoms with E-state index in [0.29, 0.717) is 24.5 Å². The van der Waals surface area contributed by atoms with Crippen LogP contribution in [0.25, 0.3) is 0 Å². The Balaban J connectivity index is 2.37. The van der Waals surface area contributed by atoms with Gasteiger partial charge in [-0.1, -0.05) is 12.1 Å². The predicted octanol–water partition coefficient (Wildman–Crippen LogP) is 0.675. The third kappa shape index (κ3) is 3.01. The maximum atomic E-state index is 12.6. The molecular weight excluding hydrogens is 292 g/mol. The van der Waals surface area contributed by atoms with Crippen molar-refractivity contribution in [1.29, 1.82) is 0 Å². The van der Waals surface area contributed by atoms with Gasteiger partial charge >= 0.3 is 0 Å². The number of ether oxygens (including phenoxy) is 1. The number of aromatic nitrogens is 2. The molecule has 2 rings (SSSR count). The molecule has 0 radical (unpaired) electrons. The summed E-state index contributed by atoms with van der Waals surface area (Å²) in [6.07, 6.45) is 2.78. The van der Waals surface area contributed by atoms with E-state index in [4.69, 9.17) is 10.5 Å². The predicted molar refractivity (Wildman–Crippen MR) is 79.9 cm³/mol. The van der Waals surface area contributed by atoms with E-state index in [1.807, 2.05) is 0 Å². The second-order valence-electron chi connectivity index (χ2n) is 4.37. The molecule has 2 aromatic rings. The third-order valence-electron chi connectivity index (χ3n) is 3.05. The molecule has 0 saturated carbocycles. The number of methoxy groups -OCH3 is 1. The van der Waals surface area contributed by atoms with Crippen LogP contribution in [0.3, 0.4) is 0 Å². The molecule has 8 heteroatoms. The van der Waals surface area contributed by atoms with Crippen LogP contribution in [-0.2, 0) is 16.6 Å². The molecule has 7 nitrogen and oxygen atoms in total. The quantitative estimate of drug-likeness (QED) is 0.847. The molecule has 1 aromatic heterocycles. The molecule has 2 N–H and O–H groups in total. The fraction of sp³-hybridized carbons (Fsp3) is 0.308. The average Bonchev–Trinajstić information content (AvgIpc) is 2.96. The molecule has 114 valence electrons. The second kappa shape index (κ2) is 6.15. The van der Waals surface area contributed by atoms with Crippen molar-refractivity contribution < 1.29 is 13.2 Å². The number of benzene rings is 1. The molecule has 0 saturated heterocycles. The first kappa shape index (κ1) is 15.3. The van der Waals surface area contributed by atoms with Crippen LogP contribution in [0.4, 0.5) is 5.69 Å². The smallest absolute Gasteiger partial charge is 0.267 e. The highest BCUT2D eigenvalue weighted by molar-refractivity contribution is 7.92. The minimum atomic E-state index is -3.69. The number of rotatable bonds is 6. The summed E-state index contributed by atoms with van der Waals surface area (Å²) in [7, 11) is -0.715. The number of nitrogens with two attached hydrogens (primary N) is 1. The Morgan fingerprint density at radius 3 is 2.76 bits per heavy atom. The van der Waals surface area contributed by atoms with Gasteiger partial charge in [0.05, 0.1) is 25.5 Å². The first-order valence-electron chi connectivity index (χ1n) is 6.35. The normalized spacial score (nSPS) is 11.4. The van der Waals surface area contributed by atoms with E-state index in [0.717, 1.165) is 0 Å². The highest BCUT2D eigenvalue weighted by atomic mass is 32.2. The standard InChI is InChI=1S/C13H18N4O3S/c1-16(12-5-3-4-6-13(12)20-2)21(18,19)11-9-15-17(10-11)8-7-14/h3-6,9-10H,7-8,14H2,1-2H3. The van der Waals surface area contributed by atoms with Crippen molar-refractivity contribution in [3.8, 4) is 5.75 Å². The summed E-state index contributed by atoms with van der Waals surface area (Å²) in [4.78, 5) is 0.115. The lowest BCUT2D eigenvalue weighted by atomic mass is 10.3. The van der Waals surface area contributed by atoms with Crippen molar-refractivity contribution in [3.63, 3.8) is 0 Å². The van der Waals surface area contributed by atoms with E-state index in [2.05, 4.69) is 5.10 Å². The topological polar surface area (TPSA) is 90.5 Å². The minimum Gasteiger partial charge on any atom is -0.495 e. The lowest BCUT2D eigenvalue weighted by Crippen LogP contribution is -2.26. The third-order valence-corrected chi connectivity index (χ3v) is 4.77. The fourth-order valence-corrected chi connectivity index (χ4v) is 3.07.